The second-order valence-corrected chi connectivity index (χ2v) is 7.83. The molecule has 27 heavy (non-hydrogen) atoms. The van der Waals surface area contributed by atoms with E-state index in [-0.39, 0.29) is 0 Å². The Kier molecular flexibility index (Phi) is 4.02. The average molecular weight is 359 g/mol. The van der Waals surface area contributed by atoms with Crippen LogP contribution >= 0.6 is 0 Å². The zero-order valence-electron chi connectivity index (χ0n) is 15.8. The van der Waals surface area contributed by atoms with Gasteiger partial charge in [-0.3, -0.25) is 4.40 Å². The highest BCUT2D eigenvalue weighted by molar-refractivity contribution is 5.86. The molecule has 0 saturated carbocycles. The molecular formula is C22H25N5. The first-order valence-electron chi connectivity index (χ1n) is 10.1. The third-order valence-electron chi connectivity index (χ3n) is 6.27. The number of para-hydroxylation sites is 2. The second-order valence-electron chi connectivity index (χ2n) is 7.83. The van der Waals surface area contributed by atoms with E-state index in [9.17, 15) is 5.26 Å². The van der Waals surface area contributed by atoms with Crippen molar-refractivity contribution in [2.45, 2.75) is 38.5 Å². The lowest BCUT2D eigenvalue weighted by Crippen LogP contribution is -2.29. The topological polar surface area (TPSA) is 56.4 Å². The van der Waals surface area contributed by atoms with Gasteiger partial charge in [-0.05, 0) is 74.9 Å². The molecule has 2 aliphatic rings. The fourth-order valence-corrected chi connectivity index (χ4v) is 5.04. The molecule has 0 bridgehead atoms. The summed E-state index contributed by atoms with van der Waals surface area (Å²) in [4.78, 5) is 7.41. The molecule has 2 saturated heterocycles. The maximum atomic E-state index is 10.1. The second kappa shape index (κ2) is 6.54. The van der Waals surface area contributed by atoms with Gasteiger partial charge in [0.2, 0.25) is 0 Å². The van der Waals surface area contributed by atoms with Crippen molar-refractivity contribution in [1.29, 1.82) is 5.26 Å². The minimum absolute atomic E-state index is 0.437. The number of anilines is 1. The predicted octanol–water partition coefficient (Wildman–Crippen LogP) is 3.73. The van der Waals surface area contributed by atoms with Crippen molar-refractivity contribution in [2.75, 3.05) is 31.1 Å². The summed E-state index contributed by atoms with van der Waals surface area (Å²) in [6, 6.07) is 10.8. The fraction of sp³-hybridized carbons (Fsp3) is 0.455. The van der Waals surface area contributed by atoms with E-state index in [4.69, 9.17) is 4.98 Å². The first kappa shape index (κ1) is 16.6. The Morgan fingerprint density at radius 1 is 1.15 bits per heavy atom. The highest BCUT2D eigenvalue weighted by atomic mass is 15.2. The van der Waals surface area contributed by atoms with E-state index < -0.39 is 0 Å². The van der Waals surface area contributed by atoms with Gasteiger partial charge in [-0.1, -0.05) is 12.1 Å². The van der Waals surface area contributed by atoms with Crippen molar-refractivity contribution in [3.8, 4) is 6.07 Å². The van der Waals surface area contributed by atoms with Crippen LogP contribution in [0.3, 0.4) is 0 Å². The van der Waals surface area contributed by atoms with Crippen LogP contribution in [0.1, 0.15) is 48.3 Å². The van der Waals surface area contributed by atoms with E-state index in [0.29, 0.717) is 5.92 Å². The molecule has 5 heteroatoms. The Morgan fingerprint density at radius 2 is 1.89 bits per heavy atom. The number of rotatable bonds is 2. The zero-order valence-corrected chi connectivity index (χ0v) is 15.8. The Labute approximate surface area is 159 Å². The Bertz CT molecular complexity index is 1050. The third kappa shape index (κ3) is 2.51. The van der Waals surface area contributed by atoms with Crippen molar-refractivity contribution in [3.05, 3.63) is 41.0 Å². The largest absolute Gasteiger partial charge is 0.357 e. The molecule has 0 amide bonds. The van der Waals surface area contributed by atoms with Crippen LogP contribution in [0, 0.1) is 18.3 Å². The molecule has 2 aromatic heterocycles. The van der Waals surface area contributed by atoms with Gasteiger partial charge in [-0.15, -0.1) is 0 Å². The molecule has 4 heterocycles. The van der Waals surface area contributed by atoms with Gasteiger partial charge in [0, 0.05) is 13.1 Å². The quantitative estimate of drug-likeness (QED) is 0.757. The molecular weight excluding hydrogens is 334 g/mol. The molecule has 0 aliphatic carbocycles. The van der Waals surface area contributed by atoms with Gasteiger partial charge in [-0.25, -0.2) is 4.98 Å². The molecule has 2 aliphatic heterocycles. The van der Waals surface area contributed by atoms with Crippen LogP contribution in [0.25, 0.3) is 16.7 Å². The van der Waals surface area contributed by atoms with Crippen LogP contribution in [-0.4, -0.2) is 35.6 Å². The summed E-state index contributed by atoms with van der Waals surface area (Å²) in [5, 5.41) is 13.6. The van der Waals surface area contributed by atoms with Gasteiger partial charge in [0.05, 0.1) is 16.6 Å². The Hall–Kier alpha value is -2.58. The van der Waals surface area contributed by atoms with E-state index >= 15 is 0 Å². The number of nitrogens with one attached hydrogen (secondary N) is 1. The lowest BCUT2D eigenvalue weighted by atomic mass is 9.85. The molecule has 3 aromatic rings. The fourth-order valence-electron chi connectivity index (χ4n) is 5.04. The van der Waals surface area contributed by atoms with E-state index in [1.807, 2.05) is 6.07 Å². The van der Waals surface area contributed by atoms with Gasteiger partial charge in [0.25, 0.3) is 0 Å². The third-order valence-corrected chi connectivity index (χ3v) is 6.27. The molecule has 2 fully saturated rings. The number of imidazole rings is 1. The lowest BCUT2D eigenvalue weighted by molar-refractivity contribution is 0.458. The van der Waals surface area contributed by atoms with Crippen LogP contribution in [-0.2, 0) is 0 Å². The number of nitriles is 1. The minimum Gasteiger partial charge on any atom is -0.357 e. The minimum atomic E-state index is 0.437. The van der Waals surface area contributed by atoms with Crippen LogP contribution in [0.5, 0.6) is 0 Å². The number of hydrogen-bond donors (Lipinski definition) is 1. The van der Waals surface area contributed by atoms with Crippen molar-refractivity contribution in [1.82, 2.24) is 14.7 Å². The summed E-state index contributed by atoms with van der Waals surface area (Å²) >= 11 is 0. The van der Waals surface area contributed by atoms with E-state index in [1.165, 1.54) is 29.8 Å². The number of piperidine rings is 1. The number of benzene rings is 1. The summed E-state index contributed by atoms with van der Waals surface area (Å²) < 4.78 is 2.25. The monoisotopic (exact) mass is 359 g/mol. The maximum Gasteiger partial charge on any atom is 0.157 e. The molecule has 0 spiro atoms. The number of nitrogens with zero attached hydrogens (tertiary/aromatic N) is 4. The molecule has 1 aromatic carbocycles. The van der Waals surface area contributed by atoms with Crippen LogP contribution in [0.15, 0.2) is 24.3 Å². The summed E-state index contributed by atoms with van der Waals surface area (Å²) in [5.41, 5.74) is 6.19. The highest BCUT2D eigenvalue weighted by Gasteiger charge is 2.29. The zero-order chi connectivity index (χ0) is 18.4. The van der Waals surface area contributed by atoms with Gasteiger partial charge >= 0.3 is 0 Å². The van der Waals surface area contributed by atoms with E-state index in [0.717, 1.165) is 61.3 Å². The van der Waals surface area contributed by atoms with Crippen LogP contribution in [0.4, 0.5) is 5.82 Å². The average Bonchev–Trinajstić information content (AvgIpc) is 3.36. The standard InChI is InChI=1S/C22H25N5/c1-15-20(16-8-10-24-11-9-16)17(14-23)21-25-18-6-2-3-7-19(18)27(21)22(15)26-12-4-5-13-26/h2-3,6-7,16,24H,4-5,8-13H2,1H3. The molecule has 0 radical (unpaired) electrons. The van der Waals surface area contributed by atoms with E-state index in [1.54, 1.807) is 0 Å². The van der Waals surface area contributed by atoms with Crippen molar-refractivity contribution < 1.29 is 0 Å². The summed E-state index contributed by atoms with van der Waals surface area (Å²) in [6.07, 6.45) is 4.64. The molecule has 5 rings (SSSR count). The maximum absolute atomic E-state index is 10.1. The number of hydrogen-bond acceptors (Lipinski definition) is 4. The number of aromatic nitrogens is 2. The lowest BCUT2D eigenvalue weighted by Gasteiger charge is -2.30. The van der Waals surface area contributed by atoms with Gasteiger partial charge in [0.1, 0.15) is 11.9 Å². The van der Waals surface area contributed by atoms with Crippen LogP contribution in [0.2, 0.25) is 0 Å². The highest BCUT2D eigenvalue weighted by Crippen LogP contribution is 2.39. The van der Waals surface area contributed by atoms with Gasteiger partial charge in [0.15, 0.2) is 5.65 Å². The normalized spacial score (nSPS) is 18.4. The van der Waals surface area contributed by atoms with Crippen molar-refractivity contribution in [3.63, 3.8) is 0 Å². The summed E-state index contributed by atoms with van der Waals surface area (Å²) in [5.74, 6) is 1.69. The predicted molar refractivity (Wildman–Crippen MR) is 108 cm³/mol. The Morgan fingerprint density at radius 3 is 2.63 bits per heavy atom. The smallest absolute Gasteiger partial charge is 0.157 e. The van der Waals surface area contributed by atoms with Crippen molar-refractivity contribution in [2.24, 2.45) is 0 Å². The summed E-state index contributed by atoms with van der Waals surface area (Å²) in [6.45, 7) is 6.44. The SMILES string of the molecule is Cc1c(C2CCNCC2)c(C#N)c2nc3ccccc3n2c1N1CCCC1. The number of pyridine rings is 1. The first-order valence-corrected chi connectivity index (χ1v) is 10.1. The van der Waals surface area contributed by atoms with E-state index in [2.05, 4.69) is 45.8 Å². The molecule has 0 atom stereocenters. The van der Waals surface area contributed by atoms with Crippen molar-refractivity contribution >= 4 is 22.5 Å². The Balaban J connectivity index is 1.88. The molecule has 138 valence electrons. The number of fused-ring (bicyclic) bond motifs is 3. The van der Waals surface area contributed by atoms with Gasteiger partial charge < -0.3 is 10.2 Å². The summed E-state index contributed by atoms with van der Waals surface area (Å²) in [7, 11) is 0. The van der Waals surface area contributed by atoms with Crippen LogP contribution < -0.4 is 10.2 Å². The molecule has 0 unspecified atom stereocenters. The molecule has 5 nitrogen and oxygen atoms in total. The molecule has 1 N–H and O–H groups in total. The van der Waals surface area contributed by atoms with Gasteiger partial charge in [-0.2, -0.15) is 5.26 Å². The first-order chi connectivity index (χ1) is 13.3.